The minimum absolute atomic E-state index is 0. The Kier molecular flexibility index (Phi) is 3.90. The summed E-state index contributed by atoms with van der Waals surface area (Å²) >= 11 is 0. The van der Waals surface area contributed by atoms with Gasteiger partial charge in [-0.15, -0.1) is 0 Å². The van der Waals surface area contributed by atoms with Crippen molar-refractivity contribution in [2.45, 2.75) is 0 Å². The van der Waals surface area contributed by atoms with E-state index in [2.05, 4.69) is 67.1 Å². The number of nitrogens with zero attached hydrogens (tertiary/aromatic N) is 2. The monoisotopic (exact) mass is 314 g/mol. The normalized spacial score (nSPS) is 9.80. The van der Waals surface area contributed by atoms with Gasteiger partial charge in [-0.05, 0) is 6.07 Å². The molecule has 80 valence electrons. The molecular formula is C12H15IN2. The Hall–Kier alpha value is -0.840. The molecule has 0 radical (unpaired) electrons. The van der Waals surface area contributed by atoms with Gasteiger partial charge in [-0.25, -0.2) is 4.57 Å². The molecule has 0 aliphatic heterocycles. The average molecular weight is 314 g/mol. The number of aryl methyl sites for hydroxylation is 1. The summed E-state index contributed by atoms with van der Waals surface area (Å²) in [5, 5.41) is 1.29. The van der Waals surface area contributed by atoms with Gasteiger partial charge in [0.1, 0.15) is 7.05 Å². The lowest BCUT2D eigenvalue weighted by atomic mass is 10.2. The van der Waals surface area contributed by atoms with E-state index in [1.165, 1.54) is 16.6 Å². The number of rotatable bonds is 1. The Bertz CT molecular complexity index is 466. The van der Waals surface area contributed by atoms with E-state index in [1.807, 2.05) is 0 Å². The van der Waals surface area contributed by atoms with Crippen LogP contribution >= 0.6 is 0 Å². The summed E-state index contributed by atoms with van der Waals surface area (Å²) in [4.78, 5) is 2.14. The zero-order valence-electron chi connectivity index (χ0n) is 9.24. The molecule has 1 aromatic heterocycles. The first-order chi connectivity index (χ1) is 6.70. The minimum atomic E-state index is 0. The van der Waals surface area contributed by atoms with Crippen molar-refractivity contribution < 1.29 is 28.5 Å². The first-order valence-corrected chi connectivity index (χ1v) is 4.75. The highest BCUT2D eigenvalue weighted by atomic mass is 127. The number of fused-ring (bicyclic) bond motifs is 1. The molecule has 0 N–H and O–H groups in total. The van der Waals surface area contributed by atoms with E-state index < -0.39 is 0 Å². The van der Waals surface area contributed by atoms with Gasteiger partial charge in [-0.1, -0.05) is 12.1 Å². The number of para-hydroxylation sites is 1. The van der Waals surface area contributed by atoms with Gasteiger partial charge in [0.15, 0.2) is 6.20 Å². The Morgan fingerprint density at radius 2 is 1.73 bits per heavy atom. The topological polar surface area (TPSA) is 7.12 Å². The van der Waals surface area contributed by atoms with Crippen LogP contribution in [0.25, 0.3) is 10.9 Å². The van der Waals surface area contributed by atoms with Crippen molar-refractivity contribution in [3.8, 4) is 0 Å². The molecule has 0 unspecified atom stereocenters. The zero-order chi connectivity index (χ0) is 10.1. The predicted molar refractivity (Wildman–Crippen MR) is 59.5 cm³/mol. The SMILES string of the molecule is CN(C)c1cc[n+](C)c2ccccc12.[I-]. The van der Waals surface area contributed by atoms with Crippen LogP contribution in [-0.2, 0) is 7.05 Å². The highest BCUT2D eigenvalue weighted by Gasteiger charge is 2.09. The van der Waals surface area contributed by atoms with Crippen molar-refractivity contribution in [3.05, 3.63) is 36.5 Å². The lowest BCUT2D eigenvalue weighted by Gasteiger charge is -2.13. The number of hydrogen-bond acceptors (Lipinski definition) is 1. The molecule has 3 heteroatoms. The smallest absolute Gasteiger partial charge is 0.214 e. The third kappa shape index (κ3) is 2.22. The maximum atomic E-state index is 2.16. The van der Waals surface area contributed by atoms with Gasteiger partial charge in [0.25, 0.3) is 0 Å². The van der Waals surface area contributed by atoms with E-state index in [9.17, 15) is 0 Å². The van der Waals surface area contributed by atoms with Crippen molar-refractivity contribution in [1.82, 2.24) is 0 Å². The fraction of sp³-hybridized carbons (Fsp3) is 0.250. The molecule has 1 aromatic carbocycles. The average Bonchev–Trinajstić information content (AvgIpc) is 2.18. The van der Waals surface area contributed by atoms with Crippen LogP contribution in [0, 0.1) is 0 Å². The Morgan fingerprint density at radius 1 is 1.07 bits per heavy atom. The molecule has 1 heterocycles. The third-order valence-electron chi connectivity index (χ3n) is 2.50. The van der Waals surface area contributed by atoms with Crippen LogP contribution in [0.3, 0.4) is 0 Å². The first kappa shape index (κ1) is 12.2. The molecule has 0 amide bonds. The summed E-state index contributed by atoms with van der Waals surface area (Å²) in [6.07, 6.45) is 2.09. The molecule has 2 nitrogen and oxygen atoms in total. The number of halogens is 1. The van der Waals surface area contributed by atoms with Gasteiger partial charge >= 0.3 is 0 Å². The molecule has 0 aliphatic carbocycles. The largest absolute Gasteiger partial charge is 1.00 e. The van der Waals surface area contributed by atoms with Crippen LogP contribution in [0.4, 0.5) is 5.69 Å². The van der Waals surface area contributed by atoms with Gasteiger partial charge in [-0.2, -0.15) is 0 Å². The molecular weight excluding hydrogens is 299 g/mol. The second kappa shape index (κ2) is 4.79. The molecule has 2 rings (SSSR count). The van der Waals surface area contributed by atoms with Crippen LogP contribution in [-0.4, -0.2) is 14.1 Å². The lowest BCUT2D eigenvalue weighted by molar-refractivity contribution is -0.644. The maximum Gasteiger partial charge on any atom is 0.214 e. The number of anilines is 1. The Balaban J connectivity index is 0.00000112. The summed E-state index contributed by atoms with van der Waals surface area (Å²) < 4.78 is 2.14. The van der Waals surface area contributed by atoms with E-state index >= 15 is 0 Å². The Morgan fingerprint density at radius 3 is 2.40 bits per heavy atom. The first-order valence-electron chi connectivity index (χ1n) is 4.75. The van der Waals surface area contributed by atoms with Gasteiger partial charge in [0.05, 0.1) is 11.1 Å². The van der Waals surface area contributed by atoms with E-state index in [0.29, 0.717) is 0 Å². The zero-order valence-corrected chi connectivity index (χ0v) is 11.4. The van der Waals surface area contributed by atoms with Gasteiger partial charge in [-0.3, -0.25) is 0 Å². The van der Waals surface area contributed by atoms with Gasteiger partial charge in [0.2, 0.25) is 5.52 Å². The van der Waals surface area contributed by atoms with E-state index in [-0.39, 0.29) is 24.0 Å². The van der Waals surface area contributed by atoms with Crippen LogP contribution in [0.1, 0.15) is 0 Å². The van der Waals surface area contributed by atoms with E-state index in [1.54, 1.807) is 0 Å². The summed E-state index contributed by atoms with van der Waals surface area (Å²) in [7, 11) is 6.21. The van der Waals surface area contributed by atoms with Gasteiger partial charge < -0.3 is 28.9 Å². The van der Waals surface area contributed by atoms with Crippen LogP contribution in [0.15, 0.2) is 36.5 Å². The summed E-state index contributed by atoms with van der Waals surface area (Å²) in [6.45, 7) is 0. The summed E-state index contributed by atoms with van der Waals surface area (Å²) in [6, 6.07) is 10.6. The third-order valence-corrected chi connectivity index (χ3v) is 2.50. The molecule has 0 fully saturated rings. The molecule has 0 bridgehead atoms. The van der Waals surface area contributed by atoms with Crippen LogP contribution < -0.4 is 33.4 Å². The number of pyridine rings is 1. The minimum Gasteiger partial charge on any atom is -1.00 e. The van der Waals surface area contributed by atoms with Crippen molar-refractivity contribution in [2.75, 3.05) is 19.0 Å². The number of aromatic nitrogens is 1. The lowest BCUT2D eigenvalue weighted by Crippen LogP contribution is -3.00. The van der Waals surface area contributed by atoms with Crippen LogP contribution in [0.5, 0.6) is 0 Å². The molecule has 0 atom stereocenters. The molecule has 15 heavy (non-hydrogen) atoms. The highest BCUT2D eigenvalue weighted by molar-refractivity contribution is 5.89. The Labute approximate surface area is 108 Å². The van der Waals surface area contributed by atoms with E-state index in [0.717, 1.165) is 0 Å². The van der Waals surface area contributed by atoms with Crippen molar-refractivity contribution in [2.24, 2.45) is 7.05 Å². The molecule has 0 saturated carbocycles. The van der Waals surface area contributed by atoms with Crippen LogP contribution in [0.2, 0.25) is 0 Å². The van der Waals surface area contributed by atoms with Crippen molar-refractivity contribution in [3.63, 3.8) is 0 Å². The predicted octanol–water partition coefficient (Wildman–Crippen LogP) is -1.27. The molecule has 0 aliphatic rings. The molecule has 2 aromatic rings. The quantitative estimate of drug-likeness (QED) is 0.471. The maximum absolute atomic E-state index is 2.16. The van der Waals surface area contributed by atoms with Crippen molar-refractivity contribution >= 4 is 16.6 Å². The fourth-order valence-electron chi connectivity index (χ4n) is 1.74. The molecule has 0 saturated heterocycles. The summed E-state index contributed by atoms with van der Waals surface area (Å²) in [5.41, 5.74) is 2.53. The summed E-state index contributed by atoms with van der Waals surface area (Å²) in [5.74, 6) is 0. The molecule has 0 spiro atoms. The van der Waals surface area contributed by atoms with Crippen molar-refractivity contribution in [1.29, 1.82) is 0 Å². The number of benzene rings is 1. The van der Waals surface area contributed by atoms with E-state index in [4.69, 9.17) is 0 Å². The standard InChI is InChI=1S/C12H15N2.HI/c1-13(2)11-8-9-14(3)12-7-5-4-6-10(11)12;/h4-9H,1-3H3;1H/q+1;/p-1. The number of hydrogen-bond donors (Lipinski definition) is 0. The second-order valence-electron chi connectivity index (χ2n) is 3.72. The fourth-order valence-corrected chi connectivity index (χ4v) is 1.74. The second-order valence-corrected chi connectivity index (χ2v) is 3.72. The van der Waals surface area contributed by atoms with Gasteiger partial charge in [0, 0.05) is 26.2 Å². The highest BCUT2D eigenvalue weighted by Crippen LogP contribution is 2.21.